The largest absolute Gasteiger partial charge is 0.469 e. The number of ether oxygens (including phenoxy) is 1. The molecule has 2 aromatic carbocycles. The Hall–Kier alpha value is -3.15. The van der Waals surface area contributed by atoms with Crippen LogP contribution in [0.4, 0.5) is 5.69 Å². The minimum atomic E-state index is -0.309. The molecule has 1 aliphatic rings. The molecule has 3 rings (SSSR count). The van der Waals surface area contributed by atoms with E-state index in [1.165, 1.54) is 12.7 Å². The fourth-order valence-corrected chi connectivity index (χ4v) is 3.86. The summed E-state index contributed by atoms with van der Waals surface area (Å²) in [6.45, 7) is 3.06. The first-order valence-electron chi connectivity index (χ1n) is 10.8. The smallest absolute Gasteiger partial charge is 0.305 e. The van der Waals surface area contributed by atoms with Crippen LogP contribution >= 0.6 is 0 Å². The lowest BCUT2D eigenvalue weighted by atomic mass is 10.0. The number of carbonyl (C=O) groups excluding carboxylic acids is 3. The molecule has 0 fully saturated rings. The average molecular weight is 423 g/mol. The molecule has 0 unspecified atom stereocenters. The van der Waals surface area contributed by atoms with Crippen LogP contribution in [0.3, 0.4) is 0 Å². The van der Waals surface area contributed by atoms with Crippen LogP contribution in [0.2, 0.25) is 0 Å². The van der Waals surface area contributed by atoms with E-state index >= 15 is 0 Å². The maximum Gasteiger partial charge on any atom is 0.305 e. The number of benzene rings is 2. The Balaban J connectivity index is 1.62. The molecule has 6 heteroatoms. The number of rotatable bonds is 7. The van der Waals surface area contributed by atoms with Crippen LogP contribution < -0.4 is 10.2 Å². The van der Waals surface area contributed by atoms with Gasteiger partial charge in [-0.05, 0) is 67.5 Å². The number of esters is 1. The zero-order valence-corrected chi connectivity index (χ0v) is 18.3. The number of hydrogen-bond donors (Lipinski definition) is 1. The van der Waals surface area contributed by atoms with Gasteiger partial charge in [0.1, 0.15) is 0 Å². The van der Waals surface area contributed by atoms with Crippen molar-refractivity contribution in [3.63, 3.8) is 0 Å². The van der Waals surface area contributed by atoms with Gasteiger partial charge in [-0.2, -0.15) is 0 Å². The van der Waals surface area contributed by atoms with Gasteiger partial charge in [-0.1, -0.05) is 24.3 Å². The summed E-state index contributed by atoms with van der Waals surface area (Å²) >= 11 is 0. The van der Waals surface area contributed by atoms with E-state index in [1.54, 1.807) is 0 Å². The Morgan fingerprint density at radius 1 is 1.06 bits per heavy atom. The summed E-state index contributed by atoms with van der Waals surface area (Å²) in [5.41, 5.74) is 4.81. The molecule has 0 aromatic heterocycles. The van der Waals surface area contributed by atoms with Crippen LogP contribution in [0.15, 0.2) is 42.5 Å². The predicted molar refractivity (Wildman–Crippen MR) is 120 cm³/mol. The maximum atomic E-state index is 13.3. The van der Waals surface area contributed by atoms with Gasteiger partial charge in [-0.3, -0.25) is 14.4 Å². The molecular weight excluding hydrogens is 392 g/mol. The Morgan fingerprint density at radius 2 is 1.87 bits per heavy atom. The number of para-hydroxylation sites is 1. The lowest BCUT2D eigenvalue weighted by Gasteiger charge is -2.23. The van der Waals surface area contributed by atoms with E-state index in [4.69, 9.17) is 0 Å². The molecule has 0 aliphatic carbocycles. The van der Waals surface area contributed by atoms with Crippen LogP contribution in [0.25, 0.3) is 0 Å². The Labute approximate surface area is 183 Å². The van der Waals surface area contributed by atoms with Crippen molar-refractivity contribution in [2.45, 2.75) is 52.0 Å². The first-order valence-corrected chi connectivity index (χ1v) is 10.8. The van der Waals surface area contributed by atoms with E-state index < -0.39 is 0 Å². The molecule has 6 nitrogen and oxygen atoms in total. The molecule has 0 atom stereocenters. The van der Waals surface area contributed by atoms with Crippen molar-refractivity contribution in [2.75, 3.05) is 18.6 Å². The molecule has 31 heavy (non-hydrogen) atoms. The minimum absolute atomic E-state index is 0.0100. The second-order valence-corrected chi connectivity index (χ2v) is 7.89. The summed E-state index contributed by atoms with van der Waals surface area (Å²) in [5, 5.41) is 2.88. The number of hydrogen-bond acceptors (Lipinski definition) is 4. The van der Waals surface area contributed by atoms with Crippen molar-refractivity contribution in [1.29, 1.82) is 0 Å². The van der Waals surface area contributed by atoms with Crippen LogP contribution in [-0.2, 0) is 27.3 Å². The second-order valence-electron chi connectivity index (χ2n) is 7.89. The minimum Gasteiger partial charge on any atom is -0.469 e. The molecule has 1 heterocycles. The first-order chi connectivity index (χ1) is 15.0. The van der Waals surface area contributed by atoms with E-state index in [0.717, 1.165) is 42.6 Å². The third-order valence-electron chi connectivity index (χ3n) is 5.68. The molecule has 2 amide bonds. The van der Waals surface area contributed by atoms with Gasteiger partial charge in [-0.15, -0.1) is 0 Å². The van der Waals surface area contributed by atoms with Gasteiger partial charge in [0.05, 0.1) is 7.11 Å². The van der Waals surface area contributed by atoms with Crippen LogP contribution in [0.5, 0.6) is 0 Å². The molecular formula is C25H30N2O4. The monoisotopic (exact) mass is 422 g/mol. The van der Waals surface area contributed by atoms with Gasteiger partial charge in [0, 0.05) is 37.2 Å². The van der Waals surface area contributed by atoms with Gasteiger partial charge >= 0.3 is 5.97 Å². The lowest BCUT2D eigenvalue weighted by Crippen LogP contribution is -2.32. The number of nitrogens with zero attached hydrogens (tertiary/aromatic N) is 1. The third kappa shape index (κ3) is 5.94. The molecule has 164 valence electrons. The van der Waals surface area contributed by atoms with Crippen LogP contribution in [0, 0.1) is 6.92 Å². The fraction of sp³-hybridized carbons (Fsp3) is 0.400. The normalized spacial score (nSPS) is 13.2. The molecule has 0 radical (unpaired) electrons. The first kappa shape index (κ1) is 22.5. The van der Waals surface area contributed by atoms with Gasteiger partial charge in [0.25, 0.3) is 5.91 Å². The lowest BCUT2D eigenvalue weighted by molar-refractivity contribution is -0.140. The predicted octanol–water partition coefficient (Wildman–Crippen LogP) is 3.94. The number of aryl methyl sites for hydroxylation is 2. The van der Waals surface area contributed by atoms with Gasteiger partial charge in [0.2, 0.25) is 5.91 Å². The van der Waals surface area contributed by atoms with E-state index in [-0.39, 0.29) is 30.6 Å². The SMILES string of the molecule is COC(=O)CCCC(=O)NCc1ccc(C(=O)N2CCCCc3ccccc32)cc1C. The summed E-state index contributed by atoms with van der Waals surface area (Å²) < 4.78 is 4.58. The highest BCUT2D eigenvalue weighted by molar-refractivity contribution is 6.06. The van der Waals surface area contributed by atoms with E-state index in [1.807, 2.05) is 48.2 Å². The standard InChI is InChI=1S/C25H30N2O4/c1-18-16-20(13-14-21(18)17-26-23(28)11-7-12-24(29)31-2)25(30)27-15-6-5-9-19-8-3-4-10-22(19)27/h3-4,8,10,13-14,16H,5-7,9,11-12,15,17H2,1-2H3,(H,26,28). The maximum absolute atomic E-state index is 13.3. The fourth-order valence-electron chi connectivity index (χ4n) is 3.86. The molecule has 0 spiro atoms. The number of carbonyl (C=O) groups is 3. The zero-order chi connectivity index (χ0) is 22.2. The summed E-state index contributed by atoms with van der Waals surface area (Å²) in [6, 6.07) is 13.8. The van der Waals surface area contributed by atoms with Crippen molar-refractivity contribution in [3.05, 3.63) is 64.7 Å². The summed E-state index contributed by atoms with van der Waals surface area (Å²) in [4.78, 5) is 38.3. The quantitative estimate of drug-likeness (QED) is 0.686. The number of fused-ring (bicyclic) bond motifs is 1. The molecule has 1 aliphatic heterocycles. The van der Waals surface area contributed by atoms with Gasteiger partial charge < -0.3 is 15.0 Å². The van der Waals surface area contributed by atoms with Crippen molar-refractivity contribution in [1.82, 2.24) is 5.32 Å². The highest BCUT2D eigenvalue weighted by Crippen LogP contribution is 2.28. The summed E-state index contributed by atoms with van der Waals surface area (Å²) in [6.07, 6.45) is 4.04. The Kier molecular flexibility index (Phi) is 7.82. The van der Waals surface area contributed by atoms with Crippen molar-refractivity contribution >= 4 is 23.5 Å². The molecule has 0 saturated carbocycles. The van der Waals surface area contributed by atoms with E-state index in [2.05, 4.69) is 16.1 Å². The van der Waals surface area contributed by atoms with Crippen molar-refractivity contribution < 1.29 is 19.1 Å². The number of anilines is 1. The zero-order valence-electron chi connectivity index (χ0n) is 18.3. The van der Waals surface area contributed by atoms with Crippen LogP contribution in [-0.4, -0.2) is 31.4 Å². The van der Waals surface area contributed by atoms with E-state index in [9.17, 15) is 14.4 Å². The summed E-state index contributed by atoms with van der Waals surface area (Å²) in [5.74, 6) is -0.406. The van der Waals surface area contributed by atoms with E-state index in [0.29, 0.717) is 18.5 Å². The molecule has 1 N–H and O–H groups in total. The van der Waals surface area contributed by atoms with Gasteiger partial charge in [-0.25, -0.2) is 0 Å². The molecule has 0 bridgehead atoms. The second kappa shape index (κ2) is 10.8. The Morgan fingerprint density at radius 3 is 2.65 bits per heavy atom. The van der Waals surface area contributed by atoms with Crippen LogP contribution in [0.1, 0.15) is 59.2 Å². The highest BCUT2D eigenvalue weighted by Gasteiger charge is 2.22. The number of amides is 2. The number of methoxy groups -OCH3 is 1. The average Bonchev–Trinajstić information content (AvgIpc) is 3.00. The third-order valence-corrected chi connectivity index (χ3v) is 5.68. The molecule has 2 aromatic rings. The van der Waals surface area contributed by atoms with Gasteiger partial charge in [0.15, 0.2) is 0 Å². The van der Waals surface area contributed by atoms with Crippen molar-refractivity contribution in [3.8, 4) is 0 Å². The highest BCUT2D eigenvalue weighted by atomic mass is 16.5. The summed E-state index contributed by atoms with van der Waals surface area (Å²) in [7, 11) is 1.34. The number of nitrogens with one attached hydrogen (secondary N) is 1. The Bertz CT molecular complexity index is 954. The molecule has 0 saturated heterocycles. The topological polar surface area (TPSA) is 75.7 Å². The van der Waals surface area contributed by atoms with Crippen molar-refractivity contribution in [2.24, 2.45) is 0 Å².